The number of carbonyl (C=O) groups excluding carboxylic acids is 1. The molecule has 0 amide bonds. The summed E-state index contributed by atoms with van der Waals surface area (Å²) in [5, 5.41) is 3.09. The second kappa shape index (κ2) is 7.42. The molecule has 0 spiro atoms. The van der Waals surface area contributed by atoms with Crippen molar-refractivity contribution in [3.05, 3.63) is 28.7 Å². The topological polar surface area (TPSA) is 55.4 Å². The number of hydrogen-bond acceptors (Lipinski definition) is 5. The van der Waals surface area contributed by atoms with E-state index in [1.54, 1.807) is 23.9 Å². The summed E-state index contributed by atoms with van der Waals surface area (Å²) in [6.07, 6.45) is 0. The molecule has 0 radical (unpaired) electrons. The quantitative estimate of drug-likeness (QED) is 0.826. The molecular weight excluding hydrogens is 350 g/mol. The third-order valence-electron chi connectivity index (χ3n) is 2.59. The molecule has 1 heterocycles. The van der Waals surface area contributed by atoms with E-state index in [-0.39, 0.29) is 18.0 Å². The Labute approximate surface area is 127 Å². The molecule has 1 N–H and O–H groups in total. The van der Waals surface area contributed by atoms with Gasteiger partial charge in [-0.3, -0.25) is 9.00 Å². The van der Waals surface area contributed by atoms with E-state index in [9.17, 15) is 9.00 Å². The van der Waals surface area contributed by atoms with Crippen LogP contribution in [0.1, 0.15) is 0 Å². The van der Waals surface area contributed by atoms with E-state index in [0.29, 0.717) is 10.6 Å². The van der Waals surface area contributed by atoms with Crippen LogP contribution in [0.5, 0.6) is 0 Å². The van der Waals surface area contributed by atoms with Gasteiger partial charge in [-0.25, -0.2) is 0 Å². The van der Waals surface area contributed by atoms with Crippen molar-refractivity contribution in [2.45, 2.75) is 10.9 Å². The van der Waals surface area contributed by atoms with Gasteiger partial charge in [0.15, 0.2) is 5.94 Å². The van der Waals surface area contributed by atoms with Gasteiger partial charge in [-0.15, -0.1) is 0 Å². The summed E-state index contributed by atoms with van der Waals surface area (Å²) in [6.45, 7) is 0.806. The SMILES string of the molecule is O=C(OCS(=O)c1ccc(Br)cc1)C1CSCCN1. The molecule has 1 saturated heterocycles. The third-order valence-corrected chi connectivity index (χ3v) is 5.31. The van der Waals surface area contributed by atoms with Crippen LogP contribution >= 0.6 is 27.7 Å². The number of thioether (sulfide) groups is 1. The fourth-order valence-electron chi connectivity index (χ4n) is 1.58. The monoisotopic (exact) mass is 363 g/mol. The Morgan fingerprint density at radius 2 is 2.21 bits per heavy atom. The second-order valence-electron chi connectivity index (χ2n) is 3.96. The maximum Gasteiger partial charge on any atom is 0.324 e. The van der Waals surface area contributed by atoms with Crippen molar-refractivity contribution in [1.82, 2.24) is 5.32 Å². The number of hydrogen-bond donors (Lipinski definition) is 1. The minimum absolute atomic E-state index is 0.0939. The first kappa shape index (κ1) is 15.0. The number of nitrogens with one attached hydrogen (secondary N) is 1. The molecule has 0 aromatic heterocycles. The summed E-state index contributed by atoms with van der Waals surface area (Å²) in [7, 11) is -1.32. The van der Waals surface area contributed by atoms with Gasteiger partial charge in [-0.1, -0.05) is 15.9 Å². The Balaban J connectivity index is 1.82. The molecule has 1 aliphatic heterocycles. The van der Waals surface area contributed by atoms with E-state index in [1.807, 2.05) is 12.1 Å². The van der Waals surface area contributed by atoms with Gasteiger partial charge in [-0.05, 0) is 24.3 Å². The fourth-order valence-corrected chi connectivity index (χ4v) is 3.57. The van der Waals surface area contributed by atoms with Gasteiger partial charge in [0.1, 0.15) is 6.04 Å². The van der Waals surface area contributed by atoms with Crippen LogP contribution in [0.2, 0.25) is 0 Å². The molecule has 104 valence electrons. The van der Waals surface area contributed by atoms with Crippen molar-refractivity contribution < 1.29 is 13.7 Å². The molecule has 4 nitrogen and oxygen atoms in total. The maximum atomic E-state index is 11.9. The van der Waals surface area contributed by atoms with E-state index < -0.39 is 10.8 Å². The molecule has 7 heteroatoms. The van der Waals surface area contributed by atoms with Gasteiger partial charge in [0.05, 0.1) is 10.8 Å². The molecule has 1 aromatic rings. The number of benzene rings is 1. The molecule has 2 rings (SSSR count). The van der Waals surface area contributed by atoms with Gasteiger partial charge in [0.2, 0.25) is 0 Å². The van der Waals surface area contributed by atoms with Crippen molar-refractivity contribution in [2.75, 3.05) is 24.0 Å². The Bertz CT molecular complexity index is 461. The van der Waals surface area contributed by atoms with Crippen LogP contribution in [0.3, 0.4) is 0 Å². The summed E-state index contributed by atoms with van der Waals surface area (Å²) in [6, 6.07) is 6.86. The van der Waals surface area contributed by atoms with Crippen LogP contribution in [0.25, 0.3) is 0 Å². The number of carbonyl (C=O) groups is 1. The molecule has 0 bridgehead atoms. The van der Waals surface area contributed by atoms with E-state index in [2.05, 4.69) is 21.2 Å². The molecule has 19 heavy (non-hydrogen) atoms. The average Bonchev–Trinajstić information content (AvgIpc) is 2.46. The lowest BCUT2D eigenvalue weighted by Gasteiger charge is -2.21. The van der Waals surface area contributed by atoms with Gasteiger partial charge < -0.3 is 10.1 Å². The summed E-state index contributed by atoms with van der Waals surface area (Å²) in [4.78, 5) is 12.4. The molecule has 1 aliphatic rings. The normalized spacial score (nSPS) is 20.8. The largest absolute Gasteiger partial charge is 0.450 e. The lowest BCUT2D eigenvalue weighted by Crippen LogP contribution is -2.44. The summed E-state index contributed by atoms with van der Waals surface area (Å²) in [5.74, 6) is 1.31. The Kier molecular flexibility index (Phi) is 5.87. The number of halogens is 1. The Morgan fingerprint density at radius 3 is 2.84 bits per heavy atom. The van der Waals surface area contributed by atoms with E-state index >= 15 is 0 Å². The molecule has 2 unspecified atom stereocenters. The van der Waals surface area contributed by atoms with Crippen molar-refractivity contribution in [3.8, 4) is 0 Å². The highest BCUT2D eigenvalue weighted by Gasteiger charge is 2.22. The highest BCUT2D eigenvalue weighted by molar-refractivity contribution is 9.10. The predicted octanol–water partition coefficient (Wildman–Crippen LogP) is 1.76. The predicted molar refractivity (Wildman–Crippen MR) is 80.6 cm³/mol. The highest BCUT2D eigenvalue weighted by atomic mass is 79.9. The van der Waals surface area contributed by atoms with Crippen LogP contribution in [-0.2, 0) is 20.3 Å². The number of rotatable bonds is 4. The molecule has 1 aromatic carbocycles. The van der Waals surface area contributed by atoms with Crippen LogP contribution in [0.4, 0.5) is 0 Å². The Hall–Kier alpha value is -0.370. The summed E-state index contributed by atoms with van der Waals surface area (Å²) >= 11 is 5.03. The van der Waals surface area contributed by atoms with Crippen molar-refractivity contribution in [1.29, 1.82) is 0 Å². The highest BCUT2D eigenvalue weighted by Crippen LogP contribution is 2.14. The second-order valence-corrected chi connectivity index (χ2v) is 7.43. The standard InChI is InChI=1S/C12H14BrNO3S2/c13-9-1-3-10(4-2-9)19(16)8-17-12(15)11-7-18-6-5-14-11/h1-4,11,14H,5-8H2. The molecule has 1 fully saturated rings. The average molecular weight is 364 g/mol. The molecule has 2 atom stereocenters. The minimum atomic E-state index is -1.32. The first-order valence-corrected chi connectivity index (χ1v) is 9.05. The number of esters is 1. The van der Waals surface area contributed by atoms with Crippen molar-refractivity contribution in [2.24, 2.45) is 0 Å². The van der Waals surface area contributed by atoms with Crippen LogP contribution in [0.15, 0.2) is 33.6 Å². The maximum absolute atomic E-state index is 11.9. The number of ether oxygens (including phenoxy) is 1. The fraction of sp³-hybridized carbons (Fsp3) is 0.417. The summed E-state index contributed by atoms with van der Waals surface area (Å²) < 4.78 is 18.0. The van der Waals surface area contributed by atoms with Gasteiger partial charge in [0, 0.05) is 27.4 Å². The van der Waals surface area contributed by atoms with E-state index in [1.165, 1.54) is 0 Å². The van der Waals surface area contributed by atoms with E-state index in [0.717, 1.165) is 16.8 Å². The zero-order valence-corrected chi connectivity index (χ0v) is 13.4. The van der Waals surface area contributed by atoms with Gasteiger partial charge in [-0.2, -0.15) is 11.8 Å². The Morgan fingerprint density at radius 1 is 1.47 bits per heavy atom. The van der Waals surface area contributed by atoms with Crippen molar-refractivity contribution >= 4 is 44.5 Å². The first-order valence-electron chi connectivity index (χ1n) is 5.78. The zero-order chi connectivity index (χ0) is 13.7. The lowest BCUT2D eigenvalue weighted by molar-refractivity contribution is -0.143. The van der Waals surface area contributed by atoms with Gasteiger partial charge in [0.25, 0.3) is 0 Å². The minimum Gasteiger partial charge on any atom is -0.450 e. The molecule has 0 saturated carbocycles. The zero-order valence-electron chi connectivity index (χ0n) is 10.1. The first-order chi connectivity index (χ1) is 9.16. The lowest BCUT2D eigenvalue weighted by atomic mass is 10.3. The van der Waals surface area contributed by atoms with Crippen LogP contribution in [0, 0.1) is 0 Å². The van der Waals surface area contributed by atoms with Crippen LogP contribution < -0.4 is 5.32 Å². The van der Waals surface area contributed by atoms with Crippen LogP contribution in [-0.4, -0.2) is 40.2 Å². The molecule has 0 aliphatic carbocycles. The third kappa shape index (κ3) is 4.59. The van der Waals surface area contributed by atoms with Gasteiger partial charge >= 0.3 is 5.97 Å². The smallest absolute Gasteiger partial charge is 0.324 e. The van der Waals surface area contributed by atoms with Crippen molar-refractivity contribution in [3.63, 3.8) is 0 Å². The summed E-state index contributed by atoms with van der Waals surface area (Å²) in [5.41, 5.74) is 0. The van der Waals surface area contributed by atoms with E-state index in [4.69, 9.17) is 4.74 Å². The molecular formula is C12H14BrNO3S2.